The fourth-order valence-electron chi connectivity index (χ4n) is 3.34. The highest BCUT2D eigenvalue weighted by molar-refractivity contribution is 5.75. The van der Waals surface area contributed by atoms with E-state index >= 15 is 0 Å². The minimum atomic E-state index is -0.778. The molecule has 0 bridgehead atoms. The molecule has 4 heteroatoms. The van der Waals surface area contributed by atoms with Crippen molar-refractivity contribution in [2.45, 2.75) is 91.1 Å². The summed E-state index contributed by atoms with van der Waals surface area (Å²) in [6.07, 6.45) is 9.26. The van der Waals surface area contributed by atoms with E-state index in [9.17, 15) is 9.59 Å². The predicted molar refractivity (Wildman–Crippen MR) is 91.2 cm³/mol. The number of carbonyl (C=O) groups is 2. The molecule has 4 nitrogen and oxygen atoms in total. The second-order valence-corrected chi connectivity index (χ2v) is 7.40. The Morgan fingerprint density at radius 1 is 1.09 bits per heavy atom. The van der Waals surface area contributed by atoms with E-state index in [0.29, 0.717) is 12.8 Å². The van der Waals surface area contributed by atoms with E-state index < -0.39 is 5.97 Å². The summed E-state index contributed by atoms with van der Waals surface area (Å²) in [6, 6.07) is 0. The Balaban J connectivity index is 2.30. The lowest BCUT2D eigenvalue weighted by Gasteiger charge is -2.27. The first-order chi connectivity index (χ1) is 10.9. The Morgan fingerprint density at radius 2 is 1.74 bits per heavy atom. The van der Waals surface area contributed by atoms with Crippen molar-refractivity contribution in [3.05, 3.63) is 0 Å². The van der Waals surface area contributed by atoms with E-state index in [2.05, 4.69) is 13.8 Å². The summed E-state index contributed by atoms with van der Waals surface area (Å²) in [5, 5.41) is 9.12. The van der Waals surface area contributed by atoms with E-state index in [0.717, 1.165) is 38.0 Å². The topological polar surface area (TPSA) is 63.6 Å². The second-order valence-electron chi connectivity index (χ2n) is 7.40. The number of carboxylic acid groups (broad SMARTS) is 1. The summed E-state index contributed by atoms with van der Waals surface area (Å²) in [4.78, 5) is 23.4. The average Bonchev–Trinajstić information content (AvgIpc) is 2.53. The molecule has 0 saturated heterocycles. The van der Waals surface area contributed by atoms with Gasteiger partial charge in [0, 0.05) is 0 Å². The van der Waals surface area contributed by atoms with Gasteiger partial charge in [0.2, 0.25) is 0 Å². The molecular formula is C19H34O4. The van der Waals surface area contributed by atoms with Crippen LogP contribution in [0.15, 0.2) is 0 Å². The summed E-state index contributed by atoms with van der Waals surface area (Å²) in [6.45, 7) is 6.53. The number of rotatable bonds is 10. The maximum absolute atomic E-state index is 12.3. The summed E-state index contributed by atoms with van der Waals surface area (Å²) in [7, 11) is 0. The maximum atomic E-state index is 12.3. The van der Waals surface area contributed by atoms with Gasteiger partial charge in [0.1, 0.15) is 6.10 Å². The summed E-state index contributed by atoms with van der Waals surface area (Å²) < 4.78 is 5.66. The third-order valence-electron chi connectivity index (χ3n) is 4.90. The number of hydrogen-bond donors (Lipinski definition) is 1. The lowest BCUT2D eigenvalue weighted by Crippen LogP contribution is -2.30. The van der Waals surface area contributed by atoms with Crippen LogP contribution in [0.25, 0.3) is 0 Å². The van der Waals surface area contributed by atoms with Crippen LogP contribution in [0.5, 0.6) is 0 Å². The van der Waals surface area contributed by atoms with Gasteiger partial charge < -0.3 is 9.84 Å². The fourth-order valence-corrected chi connectivity index (χ4v) is 3.34. The molecule has 0 aromatic rings. The molecule has 0 amide bonds. The van der Waals surface area contributed by atoms with Crippen LogP contribution in [-0.2, 0) is 14.3 Å². The summed E-state index contributed by atoms with van der Waals surface area (Å²) >= 11 is 0. The van der Waals surface area contributed by atoms with Gasteiger partial charge in [0.05, 0.1) is 11.8 Å². The van der Waals surface area contributed by atoms with Crippen LogP contribution < -0.4 is 0 Å². The number of unbranched alkanes of at least 4 members (excludes halogenated alkanes) is 2. The number of carboxylic acids is 1. The zero-order chi connectivity index (χ0) is 17.2. The van der Waals surface area contributed by atoms with Gasteiger partial charge >= 0.3 is 11.9 Å². The Hall–Kier alpha value is -1.06. The maximum Gasteiger partial charge on any atom is 0.309 e. The minimum absolute atomic E-state index is 0.00763. The molecule has 23 heavy (non-hydrogen) atoms. The van der Waals surface area contributed by atoms with Crippen LogP contribution in [0.4, 0.5) is 0 Å². The van der Waals surface area contributed by atoms with Crippen molar-refractivity contribution in [3.63, 3.8) is 0 Å². The molecule has 0 heterocycles. The molecule has 0 aromatic heterocycles. The van der Waals surface area contributed by atoms with Crippen molar-refractivity contribution in [3.8, 4) is 0 Å². The largest absolute Gasteiger partial charge is 0.481 e. The molecule has 0 aliphatic heterocycles. The van der Waals surface area contributed by atoms with E-state index in [1.165, 1.54) is 19.3 Å². The van der Waals surface area contributed by atoms with Gasteiger partial charge in [0.15, 0.2) is 0 Å². The van der Waals surface area contributed by atoms with Crippen LogP contribution in [0, 0.1) is 17.8 Å². The summed E-state index contributed by atoms with van der Waals surface area (Å²) in [5.41, 5.74) is 0. The van der Waals surface area contributed by atoms with Gasteiger partial charge in [-0.1, -0.05) is 46.5 Å². The third-order valence-corrected chi connectivity index (χ3v) is 4.90. The van der Waals surface area contributed by atoms with E-state index in [-0.39, 0.29) is 23.9 Å². The van der Waals surface area contributed by atoms with E-state index in [1.807, 2.05) is 6.92 Å². The molecule has 134 valence electrons. The molecule has 1 saturated carbocycles. The lowest BCUT2D eigenvalue weighted by atomic mass is 9.81. The van der Waals surface area contributed by atoms with Crippen LogP contribution >= 0.6 is 0 Å². The first kappa shape index (κ1) is 20.0. The molecule has 1 N–H and O–H groups in total. The molecule has 1 aliphatic carbocycles. The number of ether oxygens (including phenoxy) is 1. The quantitative estimate of drug-likeness (QED) is 0.462. The molecular weight excluding hydrogens is 292 g/mol. The standard InChI is InChI=1S/C19H34O4/c1-4-17(12-7-5-6-9-14(2)3)23-19(22)16-11-8-10-15(13-16)18(20)21/h14-17H,4-13H2,1-3H3,(H,20,21). The lowest BCUT2D eigenvalue weighted by molar-refractivity contribution is -0.157. The van der Waals surface area contributed by atoms with Gasteiger partial charge in [-0.2, -0.15) is 0 Å². The Morgan fingerprint density at radius 3 is 2.35 bits per heavy atom. The second kappa shape index (κ2) is 10.7. The van der Waals surface area contributed by atoms with Crippen LogP contribution in [0.3, 0.4) is 0 Å². The average molecular weight is 326 g/mol. The molecule has 3 atom stereocenters. The van der Waals surface area contributed by atoms with E-state index in [1.54, 1.807) is 0 Å². The molecule has 0 aromatic carbocycles. The highest BCUT2D eigenvalue weighted by atomic mass is 16.5. The predicted octanol–water partition coefficient (Wildman–Crippen LogP) is 4.81. The van der Waals surface area contributed by atoms with Crippen LogP contribution in [-0.4, -0.2) is 23.1 Å². The van der Waals surface area contributed by atoms with Crippen molar-refractivity contribution >= 4 is 11.9 Å². The fraction of sp³-hybridized carbons (Fsp3) is 0.895. The number of aliphatic carboxylic acids is 1. The Bertz CT molecular complexity index is 364. The first-order valence-electron chi connectivity index (χ1n) is 9.37. The molecule has 0 spiro atoms. The van der Waals surface area contributed by atoms with Gasteiger partial charge in [-0.15, -0.1) is 0 Å². The third kappa shape index (κ3) is 7.85. The molecule has 1 rings (SSSR count). The van der Waals surface area contributed by atoms with Gasteiger partial charge in [-0.3, -0.25) is 9.59 Å². The SMILES string of the molecule is CCC(CCCCCC(C)C)OC(=O)C1CCCC(C(=O)O)C1. The van der Waals surface area contributed by atoms with Gasteiger partial charge in [-0.25, -0.2) is 0 Å². The number of esters is 1. The molecule has 1 fully saturated rings. The normalized spacial score (nSPS) is 22.8. The van der Waals surface area contributed by atoms with Crippen molar-refractivity contribution in [2.75, 3.05) is 0 Å². The smallest absolute Gasteiger partial charge is 0.309 e. The van der Waals surface area contributed by atoms with Gasteiger partial charge in [0.25, 0.3) is 0 Å². The van der Waals surface area contributed by atoms with Crippen molar-refractivity contribution < 1.29 is 19.4 Å². The zero-order valence-corrected chi connectivity index (χ0v) is 15.1. The van der Waals surface area contributed by atoms with E-state index in [4.69, 9.17) is 9.84 Å². The first-order valence-corrected chi connectivity index (χ1v) is 9.37. The minimum Gasteiger partial charge on any atom is -0.481 e. The highest BCUT2D eigenvalue weighted by Gasteiger charge is 2.32. The molecule has 1 aliphatic rings. The number of hydrogen-bond acceptors (Lipinski definition) is 3. The molecule has 0 radical (unpaired) electrons. The van der Waals surface area contributed by atoms with Gasteiger partial charge in [-0.05, 0) is 44.4 Å². The Kier molecular flexibility index (Phi) is 9.27. The highest BCUT2D eigenvalue weighted by Crippen LogP contribution is 2.30. The monoisotopic (exact) mass is 326 g/mol. The molecule has 3 unspecified atom stereocenters. The number of carbonyl (C=O) groups excluding carboxylic acids is 1. The van der Waals surface area contributed by atoms with Crippen molar-refractivity contribution in [2.24, 2.45) is 17.8 Å². The zero-order valence-electron chi connectivity index (χ0n) is 15.1. The van der Waals surface area contributed by atoms with Crippen molar-refractivity contribution in [1.82, 2.24) is 0 Å². The van der Waals surface area contributed by atoms with Crippen LogP contribution in [0.1, 0.15) is 85.0 Å². The summed E-state index contributed by atoms with van der Waals surface area (Å²) in [5.74, 6) is -0.801. The van der Waals surface area contributed by atoms with Crippen LogP contribution in [0.2, 0.25) is 0 Å². The van der Waals surface area contributed by atoms with Crippen molar-refractivity contribution in [1.29, 1.82) is 0 Å². The Labute approximate surface area is 141 Å².